The van der Waals surface area contributed by atoms with Crippen LogP contribution in [0.5, 0.6) is 0 Å². The minimum atomic E-state index is -4.64. The van der Waals surface area contributed by atoms with Gasteiger partial charge in [0.05, 0.1) is 33.8 Å². The average molecular weight is 481 g/mol. The quantitative estimate of drug-likeness (QED) is 0.242. The number of hydrogen-bond acceptors (Lipinski definition) is 2. The molecule has 0 radical (unpaired) electrons. The molecule has 0 atom stereocenters. The molecule has 0 fully saturated rings. The van der Waals surface area contributed by atoms with Crippen LogP contribution in [0.15, 0.2) is 79.1 Å². The number of alkyl halides is 6. The Hall–Kier alpha value is -4.32. The van der Waals surface area contributed by atoms with Gasteiger partial charge in [-0.2, -0.15) is 31.6 Å². The number of pyridine rings is 1. The van der Waals surface area contributed by atoms with Gasteiger partial charge in [-0.1, -0.05) is 12.1 Å². The molecule has 9 heteroatoms. The summed E-state index contributed by atoms with van der Waals surface area (Å²) in [5, 5.41) is 10.3. The van der Waals surface area contributed by atoms with Gasteiger partial charge in [-0.15, -0.1) is 0 Å². The Morgan fingerprint density at radius 3 is 1.71 bits per heavy atom. The van der Waals surface area contributed by atoms with E-state index in [0.29, 0.717) is 33.2 Å². The number of fused-ring (bicyclic) bond motifs is 3. The van der Waals surface area contributed by atoms with Crippen molar-refractivity contribution >= 4 is 21.8 Å². The van der Waals surface area contributed by atoms with Crippen molar-refractivity contribution in [3.05, 3.63) is 95.8 Å². The smallest absolute Gasteiger partial charge is 0.309 e. The van der Waals surface area contributed by atoms with E-state index in [0.717, 1.165) is 24.3 Å². The zero-order chi connectivity index (χ0) is 25.0. The third-order valence-corrected chi connectivity index (χ3v) is 5.80. The second kappa shape index (κ2) is 7.87. The number of rotatable bonds is 2. The van der Waals surface area contributed by atoms with E-state index >= 15 is 0 Å². The van der Waals surface area contributed by atoms with Crippen molar-refractivity contribution in [1.82, 2.24) is 9.55 Å². The van der Waals surface area contributed by atoms with E-state index in [1.807, 2.05) is 0 Å². The lowest BCUT2D eigenvalue weighted by Crippen LogP contribution is -2.06. The topological polar surface area (TPSA) is 41.6 Å². The predicted octanol–water partition coefficient (Wildman–Crippen LogP) is 7.75. The summed E-state index contributed by atoms with van der Waals surface area (Å²) in [5.74, 6) is 0. The molecule has 0 aliphatic carbocycles. The highest BCUT2D eigenvalue weighted by atomic mass is 19.4. The Bertz CT molecular complexity index is 1550. The molecule has 0 aliphatic heterocycles. The molecule has 2 heterocycles. The summed E-state index contributed by atoms with van der Waals surface area (Å²) in [6.07, 6.45) is -6.23. The van der Waals surface area contributed by atoms with Gasteiger partial charge in [0.2, 0.25) is 0 Å². The third-order valence-electron chi connectivity index (χ3n) is 5.80. The molecule has 5 rings (SSSR count). The molecular weight excluding hydrogens is 468 g/mol. The van der Waals surface area contributed by atoms with Gasteiger partial charge in [-0.25, -0.2) is 0 Å². The standard InChI is InChI=1S/C26H13F6N3/c27-25(28,29)17-2-5-20-21-6-3-18(26(30,31)32)12-24(21)35(23(20)11-17)19-4-1-16(14-33)22(13-19)15-7-9-34-10-8-15/h1-13H. The van der Waals surface area contributed by atoms with Crippen LogP contribution in [0.25, 0.3) is 38.6 Å². The Morgan fingerprint density at radius 2 is 1.23 bits per heavy atom. The first-order valence-electron chi connectivity index (χ1n) is 10.3. The van der Waals surface area contributed by atoms with Crippen LogP contribution in [0.2, 0.25) is 0 Å². The van der Waals surface area contributed by atoms with Crippen LogP contribution in [0, 0.1) is 11.3 Å². The van der Waals surface area contributed by atoms with Gasteiger partial charge in [0.1, 0.15) is 0 Å². The monoisotopic (exact) mass is 481 g/mol. The third kappa shape index (κ3) is 3.87. The molecule has 2 aromatic heterocycles. The van der Waals surface area contributed by atoms with E-state index in [2.05, 4.69) is 11.1 Å². The van der Waals surface area contributed by atoms with Crippen molar-refractivity contribution in [2.24, 2.45) is 0 Å². The molecule has 35 heavy (non-hydrogen) atoms. The molecular formula is C26H13F6N3. The number of aromatic nitrogens is 2. The average Bonchev–Trinajstić information content (AvgIpc) is 3.16. The molecule has 0 amide bonds. The van der Waals surface area contributed by atoms with Gasteiger partial charge in [0.25, 0.3) is 0 Å². The van der Waals surface area contributed by atoms with Crippen LogP contribution in [-0.4, -0.2) is 9.55 Å². The Labute approximate surface area is 194 Å². The molecule has 0 saturated carbocycles. The maximum absolute atomic E-state index is 13.5. The molecule has 0 saturated heterocycles. The Balaban J connectivity index is 1.88. The van der Waals surface area contributed by atoms with Gasteiger partial charge in [0, 0.05) is 34.4 Å². The highest BCUT2D eigenvalue weighted by Crippen LogP contribution is 2.40. The maximum Gasteiger partial charge on any atom is 0.416 e. The van der Waals surface area contributed by atoms with Crippen LogP contribution in [0.4, 0.5) is 26.3 Å². The van der Waals surface area contributed by atoms with Crippen molar-refractivity contribution in [3.8, 4) is 22.9 Å². The van der Waals surface area contributed by atoms with E-state index in [1.54, 1.807) is 18.2 Å². The number of nitriles is 1. The molecule has 174 valence electrons. The second-order valence-corrected chi connectivity index (χ2v) is 7.87. The SMILES string of the molecule is N#Cc1ccc(-n2c3cc(C(F)(F)F)ccc3c3ccc(C(F)(F)F)cc32)cc1-c1ccncc1. The Kier molecular flexibility index (Phi) is 5.06. The zero-order valence-electron chi connectivity index (χ0n) is 17.6. The van der Waals surface area contributed by atoms with E-state index in [4.69, 9.17) is 0 Å². The summed E-state index contributed by atoms with van der Waals surface area (Å²) in [7, 11) is 0. The normalized spacial score (nSPS) is 12.3. The molecule has 0 unspecified atom stereocenters. The maximum atomic E-state index is 13.5. The van der Waals surface area contributed by atoms with E-state index in [1.165, 1.54) is 41.2 Å². The summed E-state index contributed by atoms with van der Waals surface area (Å²) >= 11 is 0. The van der Waals surface area contributed by atoms with Crippen molar-refractivity contribution in [3.63, 3.8) is 0 Å². The van der Waals surface area contributed by atoms with Crippen LogP contribution in [0.1, 0.15) is 16.7 Å². The highest BCUT2D eigenvalue weighted by molar-refractivity contribution is 6.09. The van der Waals surface area contributed by atoms with Crippen molar-refractivity contribution in [2.75, 3.05) is 0 Å². The predicted molar refractivity (Wildman–Crippen MR) is 119 cm³/mol. The highest BCUT2D eigenvalue weighted by Gasteiger charge is 2.33. The number of benzene rings is 3. The lowest BCUT2D eigenvalue weighted by atomic mass is 10.0. The van der Waals surface area contributed by atoms with Crippen LogP contribution >= 0.6 is 0 Å². The zero-order valence-corrected chi connectivity index (χ0v) is 17.6. The lowest BCUT2D eigenvalue weighted by Gasteiger charge is -2.13. The van der Waals surface area contributed by atoms with E-state index in [-0.39, 0.29) is 11.0 Å². The molecule has 3 aromatic carbocycles. The molecule has 0 bridgehead atoms. The molecule has 0 spiro atoms. The summed E-state index contributed by atoms with van der Waals surface area (Å²) in [6.45, 7) is 0. The first kappa shape index (κ1) is 22.5. The minimum absolute atomic E-state index is 0.0968. The summed E-state index contributed by atoms with van der Waals surface area (Å²) in [5.41, 5.74) is 0.0647. The fraction of sp³-hybridized carbons (Fsp3) is 0.0769. The van der Waals surface area contributed by atoms with Crippen molar-refractivity contribution < 1.29 is 26.3 Å². The lowest BCUT2D eigenvalue weighted by molar-refractivity contribution is -0.138. The molecule has 3 nitrogen and oxygen atoms in total. The summed E-state index contributed by atoms with van der Waals surface area (Å²) in [6, 6.07) is 16.2. The van der Waals surface area contributed by atoms with Gasteiger partial charge in [-0.3, -0.25) is 4.98 Å². The summed E-state index contributed by atoms with van der Waals surface area (Å²) in [4.78, 5) is 3.94. The number of halogens is 6. The first-order chi connectivity index (χ1) is 16.6. The van der Waals surface area contributed by atoms with Crippen LogP contribution in [0.3, 0.4) is 0 Å². The Morgan fingerprint density at radius 1 is 0.686 bits per heavy atom. The first-order valence-corrected chi connectivity index (χ1v) is 10.3. The van der Waals surface area contributed by atoms with Crippen molar-refractivity contribution in [1.29, 1.82) is 5.26 Å². The molecule has 0 aliphatic rings. The molecule has 5 aromatic rings. The van der Waals surface area contributed by atoms with E-state index in [9.17, 15) is 31.6 Å². The molecule has 0 N–H and O–H groups in total. The van der Waals surface area contributed by atoms with Gasteiger partial charge >= 0.3 is 12.4 Å². The second-order valence-electron chi connectivity index (χ2n) is 7.87. The van der Waals surface area contributed by atoms with Crippen LogP contribution in [-0.2, 0) is 12.4 Å². The van der Waals surface area contributed by atoms with Gasteiger partial charge < -0.3 is 4.57 Å². The number of hydrogen-bond donors (Lipinski definition) is 0. The number of nitrogens with zero attached hydrogens (tertiary/aromatic N) is 3. The largest absolute Gasteiger partial charge is 0.416 e. The fourth-order valence-electron chi connectivity index (χ4n) is 4.19. The fourth-order valence-corrected chi connectivity index (χ4v) is 4.19. The minimum Gasteiger partial charge on any atom is -0.309 e. The van der Waals surface area contributed by atoms with Gasteiger partial charge in [0.15, 0.2) is 0 Å². The van der Waals surface area contributed by atoms with Crippen LogP contribution < -0.4 is 0 Å². The van der Waals surface area contributed by atoms with Gasteiger partial charge in [-0.05, 0) is 60.2 Å². The summed E-state index contributed by atoms with van der Waals surface area (Å²) < 4.78 is 82.4. The van der Waals surface area contributed by atoms with E-state index < -0.39 is 23.5 Å². The van der Waals surface area contributed by atoms with Crippen molar-refractivity contribution in [2.45, 2.75) is 12.4 Å².